The molecule has 2 atom stereocenters. The van der Waals surface area contributed by atoms with Crippen molar-refractivity contribution in [2.24, 2.45) is 0 Å². The first-order valence-electron chi connectivity index (χ1n) is 20.5. The first kappa shape index (κ1) is 48.5. The first-order valence-corrected chi connectivity index (χ1v) is 20.5. The molecule has 66 heavy (non-hydrogen) atoms. The van der Waals surface area contributed by atoms with Crippen molar-refractivity contribution in [1.29, 1.82) is 0 Å². The SMILES string of the molecule is CCC(F)(F)c1nn2c(c1C(=O)N[C@@H](C)c1ccc(C(=O)OC)cc1)NCC2.C[C@H](NC(=O)c1c(C(F)(F)CO)nn2c1N(Cc1cccc(C(F)(F)F)c1)CC2)c1ccc(C(=O)O)cc1. The zero-order valence-corrected chi connectivity index (χ0v) is 35.9. The number of carboxylic acids is 1. The van der Waals surface area contributed by atoms with Crippen LogP contribution in [0, 0.1) is 0 Å². The number of methoxy groups -OCH3 is 1. The molecule has 5 aromatic rings. The molecular formula is C44H45F7N8O7. The van der Waals surface area contributed by atoms with Crippen molar-refractivity contribution in [3.05, 3.63) is 129 Å². The number of aliphatic hydroxyl groups is 1. The van der Waals surface area contributed by atoms with Gasteiger partial charge < -0.3 is 35.8 Å². The lowest BCUT2D eigenvalue weighted by molar-refractivity contribution is -0.137. The number of aliphatic hydroxyl groups excluding tert-OH is 1. The molecule has 3 aromatic carbocycles. The molecule has 5 N–H and O–H groups in total. The minimum Gasteiger partial charge on any atom is -0.478 e. The second-order valence-electron chi connectivity index (χ2n) is 15.5. The summed E-state index contributed by atoms with van der Waals surface area (Å²) in [5.74, 6) is -9.90. The summed E-state index contributed by atoms with van der Waals surface area (Å²) in [6, 6.07) is 15.5. The Kier molecular flexibility index (Phi) is 14.1. The van der Waals surface area contributed by atoms with E-state index in [9.17, 15) is 55.0 Å². The molecule has 0 unspecified atom stereocenters. The van der Waals surface area contributed by atoms with Gasteiger partial charge in [-0.2, -0.15) is 40.9 Å². The number of benzene rings is 3. The summed E-state index contributed by atoms with van der Waals surface area (Å²) in [6.45, 7) is 4.21. The summed E-state index contributed by atoms with van der Waals surface area (Å²) < 4.78 is 105. The van der Waals surface area contributed by atoms with Gasteiger partial charge in [0, 0.05) is 26.1 Å². The van der Waals surface area contributed by atoms with Gasteiger partial charge in [-0.15, -0.1) is 0 Å². The number of esters is 1. The quantitative estimate of drug-likeness (QED) is 0.0555. The Labute approximate surface area is 372 Å². The van der Waals surface area contributed by atoms with Gasteiger partial charge in [0.25, 0.3) is 17.7 Å². The molecule has 7 rings (SSSR count). The fraction of sp³-hybridized carbons (Fsp3) is 0.364. The van der Waals surface area contributed by atoms with Gasteiger partial charge in [-0.05, 0) is 66.9 Å². The van der Waals surface area contributed by atoms with E-state index in [1.807, 2.05) is 0 Å². The summed E-state index contributed by atoms with van der Waals surface area (Å²) in [7, 11) is 1.29. The normalized spacial score (nSPS) is 14.3. The van der Waals surface area contributed by atoms with E-state index < -0.39 is 89.4 Å². The highest BCUT2D eigenvalue weighted by atomic mass is 19.4. The van der Waals surface area contributed by atoms with E-state index in [2.05, 4.69) is 30.9 Å². The number of anilines is 2. The van der Waals surface area contributed by atoms with E-state index in [4.69, 9.17) is 5.11 Å². The predicted octanol–water partition coefficient (Wildman–Crippen LogP) is 7.28. The van der Waals surface area contributed by atoms with Crippen LogP contribution in [0.4, 0.5) is 42.4 Å². The Bertz CT molecular complexity index is 2600. The highest BCUT2D eigenvalue weighted by Gasteiger charge is 2.44. The number of fused-ring (bicyclic) bond motifs is 2. The summed E-state index contributed by atoms with van der Waals surface area (Å²) in [5, 5.41) is 34.5. The third kappa shape index (κ3) is 10.3. The molecule has 2 aromatic heterocycles. The van der Waals surface area contributed by atoms with Gasteiger partial charge >= 0.3 is 24.0 Å². The van der Waals surface area contributed by atoms with Crippen LogP contribution in [0.5, 0.6) is 0 Å². The molecule has 15 nitrogen and oxygen atoms in total. The van der Waals surface area contributed by atoms with E-state index in [1.54, 1.807) is 38.1 Å². The maximum atomic E-state index is 14.7. The van der Waals surface area contributed by atoms with Crippen molar-refractivity contribution in [3.8, 4) is 0 Å². The third-order valence-electron chi connectivity index (χ3n) is 11.0. The van der Waals surface area contributed by atoms with Gasteiger partial charge in [0.15, 0.2) is 0 Å². The number of aromatic carboxylic acids is 1. The van der Waals surface area contributed by atoms with Crippen LogP contribution < -0.4 is 20.9 Å². The summed E-state index contributed by atoms with van der Waals surface area (Å²) >= 11 is 0. The molecule has 0 saturated heterocycles. The van der Waals surface area contributed by atoms with Gasteiger partial charge in [-0.3, -0.25) is 9.59 Å². The van der Waals surface area contributed by atoms with Gasteiger partial charge in [0.1, 0.15) is 40.8 Å². The Morgan fingerprint density at radius 2 is 1.33 bits per heavy atom. The van der Waals surface area contributed by atoms with E-state index in [-0.39, 0.29) is 42.1 Å². The van der Waals surface area contributed by atoms with Crippen LogP contribution in [0.2, 0.25) is 0 Å². The molecule has 2 amide bonds. The second kappa shape index (κ2) is 19.2. The molecule has 352 valence electrons. The molecule has 4 heterocycles. The van der Waals surface area contributed by atoms with Crippen molar-refractivity contribution in [2.45, 2.75) is 76.9 Å². The van der Waals surface area contributed by atoms with Crippen LogP contribution in [-0.2, 0) is 42.4 Å². The second-order valence-corrected chi connectivity index (χ2v) is 15.5. The molecule has 0 bridgehead atoms. The summed E-state index contributed by atoms with van der Waals surface area (Å²) in [4.78, 5) is 50.3. The van der Waals surface area contributed by atoms with Crippen molar-refractivity contribution >= 4 is 35.4 Å². The highest BCUT2D eigenvalue weighted by Crippen LogP contribution is 2.40. The molecule has 2 aliphatic heterocycles. The minimum absolute atomic E-state index is 0.00328. The molecule has 0 aliphatic carbocycles. The van der Waals surface area contributed by atoms with Gasteiger partial charge in [-0.1, -0.05) is 43.3 Å². The topological polar surface area (TPSA) is 193 Å². The maximum Gasteiger partial charge on any atom is 0.416 e. The van der Waals surface area contributed by atoms with E-state index in [0.29, 0.717) is 30.0 Å². The molecule has 0 saturated carbocycles. The van der Waals surface area contributed by atoms with E-state index in [1.165, 1.54) is 64.7 Å². The average molecular weight is 931 g/mol. The number of hydrogen-bond acceptors (Lipinski definition) is 10. The van der Waals surface area contributed by atoms with Crippen LogP contribution in [0.1, 0.15) is 114 Å². The number of hydrogen-bond donors (Lipinski definition) is 5. The Morgan fingerprint density at radius 3 is 1.88 bits per heavy atom. The van der Waals surface area contributed by atoms with Gasteiger partial charge in [0.05, 0.1) is 49.0 Å². The van der Waals surface area contributed by atoms with Crippen LogP contribution in [0.3, 0.4) is 0 Å². The fourth-order valence-electron chi connectivity index (χ4n) is 7.38. The fourth-order valence-corrected chi connectivity index (χ4v) is 7.38. The Balaban J connectivity index is 0.000000229. The lowest BCUT2D eigenvalue weighted by atomic mass is 10.0. The Hall–Kier alpha value is -6.97. The number of nitrogens with one attached hydrogen (secondary N) is 3. The van der Waals surface area contributed by atoms with Crippen LogP contribution in [-0.4, -0.2) is 80.3 Å². The standard InChI is InChI=1S/C25H23F5N4O4.C19H22F2N4O3/c1-14(16-5-7-17(8-6-16)23(37)38)31-21(36)19-20(24(26,27)13-35)32-34-10-9-33(22(19)34)12-15-3-2-4-18(11-15)25(28,29)30;1-4-19(20,21)15-14(16-22-9-10-25(16)24-15)17(26)23-11(2)12-5-7-13(8-6-12)18(27)28-3/h2-8,11,14,35H,9-10,12-13H2,1H3,(H,31,36)(H,37,38);5-8,11,22H,4,9-10H2,1-3H3,(H,23,26)/t14-;11-/m00/s1. The predicted molar refractivity (Wildman–Crippen MR) is 224 cm³/mol. The molecule has 0 fully saturated rings. The van der Waals surface area contributed by atoms with Crippen molar-refractivity contribution in [3.63, 3.8) is 0 Å². The first-order chi connectivity index (χ1) is 31.1. The zero-order chi connectivity index (χ0) is 48.3. The lowest BCUT2D eigenvalue weighted by Crippen LogP contribution is -2.32. The number of halogens is 7. The molecule has 0 spiro atoms. The smallest absolute Gasteiger partial charge is 0.416 e. The lowest BCUT2D eigenvalue weighted by Gasteiger charge is -2.22. The van der Waals surface area contributed by atoms with Crippen molar-refractivity contribution in [2.75, 3.05) is 37.0 Å². The number of carbonyl (C=O) groups is 4. The highest BCUT2D eigenvalue weighted by molar-refractivity contribution is 6.02. The Morgan fingerprint density at radius 1 is 0.773 bits per heavy atom. The molecule has 2 aliphatic rings. The van der Waals surface area contributed by atoms with Gasteiger partial charge in [-0.25, -0.2) is 19.0 Å². The van der Waals surface area contributed by atoms with Crippen molar-refractivity contribution < 1.29 is 64.9 Å². The molecule has 22 heteroatoms. The number of carboxylic acid groups (broad SMARTS) is 1. The number of aromatic nitrogens is 4. The number of ether oxygens (including phenoxy) is 1. The number of alkyl halides is 7. The number of nitrogens with zero attached hydrogens (tertiary/aromatic N) is 5. The number of amides is 2. The molecular weight excluding hydrogens is 886 g/mol. The van der Waals surface area contributed by atoms with Crippen LogP contribution >= 0.6 is 0 Å². The van der Waals surface area contributed by atoms with Crippen molar-refractivity contribution in [1.82, 2.24) is 30.2 Å². The summed E-state index contributed by atoms with van der Waals surface area (Å²) in [5.41, 5.74) is -1.06. The number of carbonyl (C=O) groups excluding carboxylic acids is 3. The van der Waals surface area contributed by atoms with E-state index >= 15 is 0 Å². The largest absolute Gasteiger partial charge is 0.478 e. The van der Waals surface area contributed by atoms with Gasteiger partial charge in [0.2, 0.25) is 0 Å². The maximum absolute atomic E-state index is 14.7. The summed E-state index contributed by atoms with van der Waals surface area (Å²) in [6.07, 6.45) is -5.02. The minimum atomic E-state index is -4.57. The van der Waals surface area contributed by atoms with Crippen LogP contribution in [0.15, 0.2) is 72.8 Å². The average Bonchev–Trinajstić information content (AvgIpc) is 4.09. The molecule has 0 radical (unpaired) electrons. The monoisotopic (exact) mass is 930 g/mol. The zero-order valence-electron chi connectivity index (χ0n) is 35.9. The van der Waals surface area contributed by atoms with Crippen LogP contribution in [0.25, 0.3) is 0 Å². The number of rotatable bonds is 14. The third-order valence-corrected chi connectivity index (χ3v) is 11.0. The van der Waals surface area contributed by atoms with E-state index in [0.717, 1.165) is 17.7 Å².